The summed E-state index contributed by atoms with van der Waals surface area (Å²) in [4.78, 5) is 9.19. The summed E-state index contributed by atoms with van der Waals surface area (Å²) in [6.07, 6.45) is 3.62. The lowest BCUT2D eigenvalue weighted by Gasteiger charge is -2.43. The van der Waals surface area contributed by atoms with E-state index in [9.17, 15) is 12.8 Å². The van der Waals surface area contributed by atoms with Gasteiger partial charge < -0.3 is 9.47 Å². The number of ether oxygens (including phenoxy) is 2. The van der Waals surface area contributed by atoms with Gasteiger partial charge in [0, 0.05) is 25.2 Å². The van der Waals surface area contributed by atoms with Crippen LogP contribution >= 0.6 is 0 Å². The molecule has 1 fully saturated rings. The number of aromatic nitrogens is 2. The highest BCUT2D eigenvalue weighted by Gasteiger charge is 2.45. The Labute approximate surface area is 176 Å². The van der Waals surface area contributed by atoms with Gasteiger partial charge in [-0.15, -0.1) is 0 Å². The second kappa shape index (κ2) is 7.86. The first-order chi connectivity index (χ1) is 14.3. The van der Waals surface area contributed by atoms with E-state index in [1.165, 1.54) is 23.5 Å². The fourth-order valence-corrected chi connectivity index (χ4v) is 5.58. The third-order valence-electron chi connectivity index (χ3n) is 5.87. The van der Waals surface area contributed by atoms with E-state index in [0.717, 1.165) is 29.6 Å². The van der Waals surface area contributed by atoms with Crippen LogP contribution in [0.2, 0.25) is 0 Å². The van der Waals surface area contributed by atoms with Crippen LogP contribution in [-0.4, -0.2) is 49.5 Å². The van der Waals surface area contributed by atoms with Crippen molar-refractivity contribution in [2.75, 3.05) is 26.8 Å². The first kappa shape index (κ1) is 21.1. The zero-order valence-electron chi connectivity index (χ0n) is 17.4. The predicted octanol–water partition coefficient (Wildman–Crippen LogP) is 3.00. The van der Waals surface area contributed by atoms with Gasteiger partial charge in [-0.1, -0.05) is 13.8 Å². The third-order valence-corrected chi connectivity index (χ3v) is 7.77. The van der Waals surface area contributed by atoms with Crippen LogP contribution in [0.4, 0.5) is 4.39 Å². The van der Waals surface area contributed by atoms with E-state index in [4.69, 9.17) is 14.5 Å². The topological polar surface area (TPSA) is 81.6 Å². The lowest BCUT2D eigenvalue weighted by atomic mass is 9.83. The van der Waals surface area contributed by atoms with Crippen molar-refractivity contribution in [2.24, 2.45) is 0 Å². The number of benzene rings is 1. The highest BCUT2D eigenvalue weighted by molar-refractivity contribution is 7.89. The fraction of sp³-hybridized carbons (Fsp3) is 0.524. The SMILES string of the molecule is COc1ccc(S(=O)(=O)N2CCC3(CC2)OCCc2cnc(C(C)C)nc23)cc1F. The smallest absolute Gasteiger partial charge is 0.243 e. The van der Waals surface area contributed by atoms with Crippen molar-refractivity contribution in [3.05, 3.63) is 47.3 Å². The van der Waals surface area contributed by atoms with Gasteiger partial charge in [-0.05, 0) is 43.0 Å². The van der Waals surface area contributed by atoms with Gasteiger partial charge in [0.05, 0.1) is 24.3 Å². The number of sulfonamides is 1. The Bertz CT molecular complexity index is 1050. The molecule has 30 heavy (non-hydrogen) atoms. The van der Waals surface area contributed by atoms with Crippen molar-refractivity contribution in [1.29, 1.82) is 0 Å². The largest absolute Gasteiger partial charge is 0.494 e. The highest BCUT2D eigenvalue weighted by Crippen LogP contribution is 2.41. The minimum Gasteiger partial charge on any atom is -0.494 e. The minimum absolute atomic E-state index is 0.0133. The molecule has 2 aliphatic heterocycles. The van der Waals surface area contributed by atoms with Crippen molar-refractivity contribution in [2.45, 2.75) is 49.5 Å². The molecule has 0 unspecified atom stereocenters. The summed E-state index contributed by atoms with van der Waals surface area (Å²) < 4.78 is 52.6. The van der Waals surface area contributed by atoms with Gasteiger partial charge in [0.25, 0.3) is 0 Å². The first-order valence-corrected chi connectivity index (χ1v) is 11.5. The van der Waals surface area contributed by atoms with E-state index < -0.39 is 21.4 Å². The summed E-state index contributed by atoms with van der Waals surface area (Å²) in [5, 5.41) is 0. The average Bonchev–Trinajstić information content (AvgIpc) is 2.74. The van der Waals surface area contributed by atoms with Crippen molar-refractivity contribution in [3.63, 3.8) is 0 Å². The van der Waals surface area contributed by atoms with E-state index in [1.54, 1.807) is 0 Å². The molecule has 1 aromatic heterocycles. The molecular weight excluding hydrogens is 409 g/mol. The molecule has 0 bridgehead atoms. The van der Waals surface area contributed by atoms with E-state index in [-0.39, 0.29) is 29.7 Å². The number of nitrogens with zero attached hydrogens (tertiary/aromatic N) is 3. The molecule has 0 amide bonds. The van der Waals surface area contributed by atoms with Crippen LogP contribution in [0.25, 0.3) is 0 Å². The molecule has 2 aromatic rings. The van der Waals surface area contributed by atoms with Crippen molar-refractivity contribution < 1.29 is 22.3 Å². The monoisotopic (exact) mass is 435 g/mol. The molecule has 0 saturated carbocycles. The van der Waals surface area contributed by atoms with Gasteiger partial charge in [0.15, 0.2) is 11.6 Å². The fourth-order valence-electron chi connectivity index (χ4n) is 4.13. The zero-order valence-corrected chi connectivity index (χ0v) is 18.2. The quantitative estimate of drug-likeness (QED) is 0.734. The molecular formula is C21H26FN3O4S. The Hall–Kier alpha value is -2.10. The summed E-state index contributed by atoms with van der Waals surface area (Å²) in [5.41, 5.74) is 1.36. The molecule has 162 valence electrons. The Kier molecular flexibility index (Phi) is 5.54. The maximum absolute atomic E-state index is 14.1. The van der Waals surface area contributed by atoms with Gasteiger partial charge >= 0.3 is 0 Å². The number of halogens is 1. The number of rotatable bonds is 4. The van der Waals surface area contributed by atoms with Gasteiger partial charge in [0.2, 0.25) is 10.0 Å². The lowest BCUT2D eigenvalue weighted by molar-refractivity contribution is -0.0927. The van der Waals surface area contributed by atoms with Crippen LogP contribution in [-0.2, 0) is 26.8 Å². The molecule has 9 heteroatoms. The summed E-state index contributed by atoms with van der Waals surface area (Å²) in [6.45, 7) is 5.20. The summed E-state index contributed by atoms with van der Waals surface area (Å²) >= 11 is 0. The van der Waals surface area contributed by atoms with Crippen molar-refractivity contribution >= 4 is 10.0 Å². The van der Waals surface area contributed by atoms with Crippen LogP contribution < -0.4 is 4.74 Å². The molecule has 1 spiro atoms. The summed E-state index contributed by atoms with van der Waals surface area (Å²) in [7, 11) is -2.47. The molecule has 3 heterocycles. The van der Waals surface area contributed by atoms with Gasteiger partial charge in [-0.3, -0.25) is 0 Å². The molecule has 1 saturated heterocycles. The van der Waals surface area contributed by atoms with E-state index >= 15 is 0 Å². The average molecular weight is 436 g/mol. The minimum atomic E-state index is -3.81. The van der Waals surface area contributed by atoms with E-state index in [0.29, 0.717) is 19.4 Å². The number of fused-ring (bicyclic) bond motifs is 2. The standard InChI is InChI=1S/C21H26FN3O4S/c1-14(2)20-23-13-15-6-11-29-21(19(15)24-20)7-9-25(10-8-21)30(26,27)16-4-5-18(28-3)17(22)12-16/h4-5,12-14H,6-11H2,1-3H3. The van der Waals surface area contributed by atoms with Gasteiger partial charge in [-0.2, -0.15) is 4.31 Å². The molecule has 2 aliphatic rings. The Morgan fingerprint density at radius 1 is 1.27 bits per heavy atom. The normalized spacial score (nSPS) is 19.1. The third kappa shape index (κ3) is 3.59. The van der Waals surface area contributed by atoms with Crippen LogP contribution in [0.3, 0.4) is 0 Å². The molecule has 0 aliphatic carbocycles. The Morgan fingerprint density at radius 3 is 2.63 bits per heavy atom. The lowest BCUT2D eigenvalue weighted by Crippen LogP contribution is -2.49. The summed E-state index contributed by atoms with van der Waals surface area (Å²) in [6, 6.07) is 3.71. The second-order valence-corrected chi connectivity index (χ2v) is 9.99. The maximum atomic E-state index is 14.1. The van der Waals surface area contributed by atoms with Crippen molar-refractivity contribution in [3.8, 4) is 5.75 Å². The maximum Gasteiger partial charge on any atom is 0.243 e. The number of hydrogen-bond donors (Lipinski definition) is 0. The molecule has 0 radical (unpaired) electrons. The van der Waals surface area contributed by atoms with Crippen LogP contribution in [0.15, 0.2) is 29.3 Å². The number of piperidine rings is 1. The number of methoxy groups -OCH3 is 1. The molecule has 0 atom stereocenters. The van der Waals surface area contributed by atoms with Crippen LogP contribution in [0.1, 0.15) is 49.7 Å². The predicted molar refractivity (Wildman–Crippen MR) is 108 cm³/mol. The van der Waals surface area contributed by atoms with Crippen molar-refractivity contribution in [1.82, 2.24) is 14.3 Å². The van der Waals surface area contributed by atoms with E-state index in [1.807, 2.05) is 20.0 Å². The molecule has 1 aromatic carbocycles. The summed E-state index contributed by atoms with van der Waals surface area (Å²) in [5.74, 6) is 0.274. The van der Waals surface area contributed by atoms with Crippen LogP contribution in [0.5, 0.6) is 5.75 Å². The molecule has 0 N–H and O–H groups in total. The van der Waals surface area contributed by atoms with Gasteiger partial charge in [0.1, 0.15) is 11.4 Å². The zero-order chi connectivity index (χ0) is 21.5. The van der Waals surface area contributed by atoms with E-state index in [2.05, 4.69) is 4.98 Å². The Balaban J connectivity index is 1.59. The highest BCUT2D eigenvalue weighted by atomic mass is 32.2. The number of hydrogen-bond acceptors (Lipinski definition) is 6. The molecule has 4 rings (SSSR count). The Morgan fingerprint density at radius 2 is 2.00 bits per heavy atom. The van der Waals surface area contributed by atoms with Gasteiger partial charge in [-0.25, -0.2) is 22.8 Å². The molecule has 7 nitrogen and oxygen atoms in total. The van der Waals surface area contributed by atoms with Crippen LogP contribution in [0, 0.1) is 5.82 Å². The second-order valence-electron chi connectivity index (χ2n) is 8.05. The first-order valence-electron chi connectivity index (χ1n) is 10.1.